The van der Waals surface area contributed by atoms with Crippen LogP contribution in [-0.2, 0) is 11.2 Å². The van der Waals surface area contributed by atoms with Crippen LogP contribution in [0.2, 0.25) is 0 Å². The lowest BCUT2D eigenvalue weighted by atomic mass is 10.1. The van der Waals surface area contributed by atoms with Crippen molar-refractivity contribution < 1.29 is 4.79 Å². The Morgan fingerprint density at radius 1 is 1.31 bits per heavy atom. The predicted molar refractivity (Wildman–Crippen MR) is 66.3 cm³/mol. The number of carbonyl (C=O) groups excluding carboxylic acids is 1. The average molecular weight is 220 g/mol. The van der Waals surface area contributed by atoms with E-state index in [4.69, 9.17) is 0 Å². The molecule has 88 valence electrons. The maximum Gasteiger partial charge on any atom is 0.224 e. The number of likely N-dealkylation sites (N-methyl/N-ethyl adjacent to an activating group) is 1. The van der Waals surface area contributed by atoms with Gasteiger partial charge in [0.25, 0.3) is 0 Å². The third-order valence-corrected chi connectivity index (χ3v) is 2.56. The van der Waals surface area contributed by atoms with Gasteiger partial charge >= 0.3 is 0 Å². The molecule has 3 nitrogen and oxygen atoms in total. The summed E-state index contributed by atoms with van der Waals surface area (Å²) in [4.78, 5) is 13.7. The Morgan fingerprint density at radius 2 is 2.00 bits per heavy atom. The molecule has 0 fully saturated rings. The molecule has 0 aromatic heterocycles. The van der Waals surface area contributed by atoms with E-state index in [-0.39, 0.29) is 5.91 Å². The van der Waals surface area contributed by atoms with Crippen LogP contribution in [-0.4, -0.2) is 37.5 Å². The molecule has 0 atom stereocenters. The van der Waals surface area contributed by atoms with Gasteiger partial charge in [0, 0.05) is 13.1 Å². The summed E-state index contributed by atoms with van der Waals surface area (Å²) in [5.74, 6) is 0.0932. The predicted octanol–water partition coefficient (Wildman–Crippen LogP) is 1.30. The molecule has 1 aromatic carbocycles. The number of nitrogens with zero attached hydrogens (tertiary/aromatic N) is 1. The fraction of sp³-hybridized carbons (Fsp3) is 0.462. The number of benzene rings is 1. The number of amides is 1. The van der Waals surface area contributed by atoms with Crippen molar-refractivity contribution >= 4 is 5.91 Å². The van der Waals surface area contributed by atoms with Gasteiger partial charge in [0.1, 0.15) is 0 Å². The molecule has 0 spiro atoms. The van der Waals surface area contributed by atoms with Crippen LogP contribution in [0.3, 0.4) is 0 Å². The van der Waals surface area contributed by atoms with E-state index in [1.807, 2.05) is 37.4 Å². The van der Waals surface area contributed by atoms with E-state index in [0.717, 1.165) is 25.2 Å². The molecular formula is C13H20N2O. The lowest BCUT2D eigenvalue weighted by Gasteiger charge is -2.13. The second kappa shape index (κ2) is 7.01. The SMILES string of the molecule is CCN(C)CCNC(=O)Cc1ccccc1. The van der Waals surface area contributed by atoms with E-state index < -0.39 is 0 Å². The number of rotatable bonds is 6. The highest BCUT2D eigenvalue weighted by Gasteiger charge is 2.02. The van der Waals surface area contributed by atoms with Gasteiger partial charge in [-0.15, -0.1) is 0 Å². The highest BCUT2D eigenvalue weighted by atomic mass is 16.1. The Bertz CT molecular complexity index is 311. The molecular weight excluding hydrogens is 200 g/mol. The third kappa shape index (κ3) is 4.94. The van der Waals surface area contributed by atoms with Gasteiger partial charge < -0.3 is 10.2 Å². The van der Waals surface area contributed by atoms with E-state index in [2.05, 4.69) is 17.1 Å². The van der Waals surface area contributed by atoms with Gasteiger partial charge in [0.15, 0.2) is 0 Å². The first-order valence-electron chi connectivity index (χ1n) is 5.71. The van der Waals surface area contributed by atoms with Crippen LogP contribution in [0.25, 0.3) is 0 Å². The Hall–Kier alpha value is -1.35. The molecule has 1 rings (SSSR count). The quantitative estimate of drug-likeness (QED) is 0.783. The van der Waals surface area contributed by atoms with E-state index in [0.29, 0.717) is 6.42 Å². The zero-order valence-corrected chi connectivity index (χ0v) is 10.1. The largest absolute Gasteiger partial charge is 0.355 e. The molecule has 16 heavy (non-hydrogen) atoms. The molecule has 0 aliphatic rings. The number of hydrogen-bond donors (Lipinski definition) is 1. The summed E-state index contributed by atoms with van der Waals surface area (Å²) in [5.41, 5.74) is 1.06. The summed E-state index contributed by atoms with van der Waals surface area (Å²) in [6, 6.07) is 9.80. The highest BCUT2D eigenvalue weighted by molar-refractivity contribution is 5.78. The van der Waals surface area contributed by atoms with Gasteiger partial charge in [-0.3, -0.25) is 4.79 Å². The van der Waals surface area contributed by atoms with Crippen molar-refractivity contribution in [3.63, 3.8) is 0 Å². The minimum Gasteiger partial charge on any atom is -0.355 e. The molecule has 3 heteroatoms. The molecule has 0 unspecified atom stereocenters. The Labute approximate surface area is 97.5 Å². The fourth-order valence-corrected chi connectivity index (χ4v) is 1.39. The van der Waals surface area contributed by atoms with E-state index in [9.17, 15) is 4.79 Å². The van der Waals surface area contributed by atoms with Gasteiger partial charge in [-0.2, -0.15) is 0 Å². The molecule has 1 N–H and O–H groups in total. The number of nitrogens with one attached hydrogen (secondary N) is 1. The summed E-state index contributed by atoms with van der Waals surface area (Å²) in [6.45, 7) is 4.73. The number of hydrogen-bond acceptors (Lipinski definition) is 2. The van der Waals surface area contributed by atoms with E-state index in [1.54, 1.807) is 0 Å². The summed E-state index contributed by atoms with van der Waals surface area (Å²) in [5, 5.41) is 2.92. The van der Waals surface area contributed by atoms with Crippen LogP contribution in [0.4, 0.5) is 0 Å². The second-order valence-electron chi connectivity index (χ2n) is 3.91. The maximum absolute atomic E-state index is 11.6. The van der Waals surface area contributed by atoms with Crippen LogP contribution in [0.5, 0.6) is 0 Å². The molecule has 0 aliphatic carbocycles. The summed E-state index contributed by atoms with van der Waals surface area (Å²) < 4.78 is 0. The van der Waals surface area contributed by atoms with E-state index in [1.165, 1.54) is 0 Å². The maximum atomic E-state index is 11.6. The molecule has 0 heterocycles. The van der Waals surface area contributed by atoms with Crippen LogP contribution in [0, 0.1) is 0 Å². The molecule has 1 amide bonds. The van der Waals surface area contributed by atoms with Gasteiger partial charge in [-0.05, 0) is 19.2 Å². The first-order valence-corrected chi connectivity index (χ1v) is 5.71. The summed E-state index contributed by atoms with van der Waals surface area (Å²) in [7, 11) is 2.04. The Balaban J connectivity index is 2.21. The molecule has 0 aliphatic heterocycles. The summed E-state index contributed by atoms with van der Waals surface area (Å²) in [6.07, 6.45) is 0.469. The molecule has 1 aromatic rings. The molecule has 0 bridgehead atoms. The first-order chi connectivity index (χ1) is 7.72. The van der Waals surface area contributed by atoms with Crippen molar-refractivity contribution in [3.05, 3.63) is 35.9 Å². The van der Waals surface area contributed by atoms with Crippen molar-refractivity contribution in [2.45, 2.75) is 13.3 Å². The molecule has 0 saturated carbocycles. The van der Waals surface area contributed by atoms with Gasteiger partial charge in [-0.25, -0.2) is 0 Å². The zero-order valence-electron chi connectivity index (χ0n) is 10.1. The minimum absolute atomic E-state index is 0.0932. The van der Waals surface area contributed by atoms with Crippen LogP contribution in [0.1, 0.15) is 12.5 Å². The third-order valence-electron chi connectivity index (χ3n) is 2.56. The monoisotopic (exact) mass is 220 g/mol. The van der Waals surface area contributed by atoms with Crippen molar-refractivity contribution in [2.24, 2.45) is 0 Å². The lowest BCUT2D eigenvalue weighted by Crippen LogP contribution is -2.33. The van der Waals surface area contributed by atoms with Crippen molar-refractivity contribution in [3.8, 4) is 0 Å². The van der Waals surface area contributed by atoms with Gasteiger partial charge in [-0.1, -0.05) is 37.3 Å². The van der Waals surface area contributed by atoms with Crippen molar-refractivity contribution in [1.29, 1.82) is 0 Å². The van der Waals surface area contributed by atoms with Crippen molar-refractivity contribution in [1.82, 2.24) is 10.2 Å². The molecule has 0 saturated heterocycles. The van der Waals surface area contributed by atoms with Gasteiger partial charge in [0.2, 0.25) is 5.91 Å². The highest BCUT2D eigenvalue weighted by Crippen LogP contribution is 1.98. The van der Waals surface area contributed by atoms with Crippen LogP contribution < -0.4 is 5.32 Å². The van der Waals surface area contributed by atoms with Crippen LogP contribution >= 0.6 is 0 Å². The Morgan fingerprint density at radius 3 is 2.62 bits per heavy atom. The molecule has 0 radical (unpaired) electrons. The smallest absolute Gasteiger partial charge is 0.224 e. The second-order valence-corrected chi connectivity index (χ2v) is 3.91. The van der Waals surface area contributed by atoms with Crippen molar-refractivity contribution in [2.75, 3.05) is 26.7 Å². The lowest BCUT2D eigenvalue weighted by molar-refractivity contribution is -0.120. The zero-order chi connectivity index (χ0) is 11.8. The standard InChI is InChI=1S/C13H20N2O/c1-3-15(2)10-9-14-13(16)11-12-7-5-4-6-8-12/h4-8H,3,9-11H2,1-2H3,(H,14,16). The summed E-state index contributed by atoms with van der Waals surface area (Å²) >= 11 is 0. The minimum atomic E-state index is 0.0932. The van der Waals surface area contributed by atoms with Gasteiger partial charge in [0.05, 0.1) is 6.42 Å². The average Bonchev–Trinajstić information content (AvgIpc) is 2.30. The normalized spacial score (nSPS) is 10.4. The topological polar surface area (TPSA) is 32.3 Å². The Kier molecular flexibility index (Phi) is 5.57. The fourth-order valence-electron chi connectivity index (χ4n) is 1.39. The number of carbonyl (C=O) groups is 1. The first kappa shape index (κ1) is 12.7. The van der Waals surface area contributed by atoms with E-state index >= 15 is 0 Å². The van der Waals surface area contributed by atoms with Crippen LogP contribution in [0.15, 0.2) is 30.3 Å².